The van der Waals surface area contributed by atoms with Crippen molar-refractivity contribution < 1.29 is 9.90 Å². The molecule has 1 aromatic rings. The van der Waals surface area contributed by atoms with Crippen LogP contribution < -0.4 is 11.1 Å². The van der Waals surface area contributed by atoms with E-state index >= 15 is 0 Å². The van der Waals surface area contributed by atoms with Crippen molar-refractivity contribution in [2.45, 2.75) is 25.4 Å². The molecule has 1 atom stereocenters. The fraction of sp³-hybridized carbons (Fsp3) is 0.500. The van der Waals surface area contributed by atoms with E-state index < -0.39 is 5.60 Å². The molecule has 1 aliphatic rings. The van der Waals surface area contributed by atoms with Crippen LogP contribution >= 0.6 is 23.2 Å². The number of nitrogens with one attached hydrogen (secondary N) is 1. The normalized spacial score (nSPS) is 22.5. The molecule has 21 heavy (non-hydrogen) atoms. The Balaban J connectivity index is 1.88. The third kappa shape index (κ3) is 4.48. The highest BCUT2D eigenvalue weighted by atomic mass is 35.5. The Morgan fingerprint density at radius 2 is 2.24 bits per heavy atom. The van der Waals surface area contributed by atoms with E-state index in [1.54, 1.807) is 13.0 Å². The average molecular weight is 332 g/mol. The molecule has 116 valence electrons. The Hall–Kier alpha value is -1.01. The predicted octanol–water partition coefficient (Wildman–Crippen LogP) is 2.36. The average Bonchev–Trinajstić information content (AvgIpc) is 2.71. The van der Waals surface area contributed by atoms with Crippen LogP contribution in [0, 0.1) is 0 Å². The number of anilines is 2. The molecule has 0 saturated carbocycles. The second kappa shape index (κ2) is 6.40. The monoisotopic (exact) mass is 331 g/mol. The molecule has 1 heterocycles. The van der Waals surface area contributed by atoms with E-state index in [1.165, 1.54) is 6.07 Å². The lowest BCUT2D eigenvalue weighted by atomic mass is 10.1. The van der Waals surface area contributed by atoms with Crippen LogP contribution in [-0.4, -0.2) is 41.1 Å². The van der Waals surface area contributed by atoms with Crippen molar-refractivity contribution in [3.05, 3.63) is 22.2 Å². The molecule has 1 aliphatic heterocycles. The van der Waals surface area contributed by atoms with Gasteiger partial charge in [0, 0.05) is 31.1 Å². The van der Waals surface area contributed by atoms with Crippen LogP contribution in [0.25, 0.3) is 0 Å². The van der Waals surface area contributed by atoms with Gasteiger partial charge in [0.25, 0.3) is 0 Å². The summed E-state index contributed by atoms with van der Waals surface area (Å²) in [7, 11) is 0. The number of halogens is 2. The Morgan fingerprint density at radius 1 is 1.52 bits per heavy atom. The molecule has 4 N–H and O–H groups in total. The van der Waals surface area contributed by atoms with Gasteiger partial charge in [-0.2, -0.15) is 0 Å². The largest absolute Gasteiger partial charge is 0.397 e. The van der Waals surface area contributed by atoms with Gasteiger partial charge >= 0.3 is 0 Å². The van der Waals surface area contributed by atoms with Crippen molar-refractivity contribution in [2.75, 3.05) is 30.7 Å². The van der Waals surface area contributed by atoms with Gasteiger partial charge in [0.2, 0.25) is 5.91 Å². The van der Waals surface area contributed by atoms with Crippen LogP contribution in [0.4, 0.5) is 11.4 Å². The second-order valence-electron chi connectivity index (χ2n) is 5.67. The van der Waals surface area contributed by atoms with Crippen molar-refractivity contribution in [3.63, 3.8) is 0 Å². The molecule has 5 nitrogen and oxygen atoms in total. The summed E-state index contributed by atoms with van der Waals surface area (Å²) in [5.41, 5.74) is 5.87. The number of benzene rings is 1. The molecule has 0 spiro atoms. The molecular formula is C14H19Cl2N3O2. The minimum Gasteiger partial charge on any atom is -0.397 e. The lowest BCUT2D eigenvalue weighted by Crippen LogP contribution is -2.31. The summed E-state index contributed by atoms with van der Waals surface area (Å²) in [6.45, 7) is 3.78. The van der Waals surface area contributed by atoms with Crippen LogP contribution in [-0.2, 0) is 4.79 Å². The quantitative estimate of drug-likeness (QED) is 0.740. The zero-order chi connectivity index (χ0) is 15.6. The first-order valence-corrected chi connectivity index (χ1v) is 7.51. The van der Waals surface area contributed by atoms with Gasteiger partial charge in [-0.3, -0.25) is 9.69 Å². The van der Waals surface area contributed by atoms with Gasteiger partial charge in [0.1, 0.15) is 0 Å². The van der Waals surface area contributed by atoms with E-state index in [1.807, 2.05) is 0 Å². The standard InChI is InChI=1S/C14H19Cl2N3O2/c1-14(21)3-5-19(8-14)4-2-12(20)18-13-10(16)6-9(15)7-11(13)17/h6-7,21H,2-5,8,17H2,1H3,(H,18,20). The van der Waals surface area contributed by atoms with Gasteiger partial charge < -0.3 is 16.2 Å². The van der Waals surface area contributed by atoms with E-state index in [0.717, 1.165) is 13.0 Å². The first-order chi connectivity index (χ1) is 9.77. The highest BCUT2D eigenvalue weighted by molar-refractivity contribution is 6.37. The summed E-state index contributed by atoms with van der Waals surface area (Å²) in [6, 6.07) is 3.08. The first-order valence-electron chi connectivity index (χ1n) is 6.76. The van der Waals surface area contributed by atoms with Gasteiger partial charge in [-0.05, 0) is 25.5 Å². The summed E-state index contributed by atoms with van der Waals surface area (Å²) in [4.78, 5) is 14.0. The number of carbonyl (C=O) groups is 1. The number of nitrogen functional groups attached to an aromatic ring is 1. The van der Waals surface area contributed by atoms with E-state index in [2.05, 4.69) is 10.2 Å². The molecule has 2 rings (SSSR count). The second-order valence-corrected chi connectivity index (χ2v) is 6.52. The topological polar surface area (TPSA) is 78.6 Å². The van der Waals surface area contributed by atoms with Crippen LogP contribution in [0.5, 0.6) is 0 Å². The fourth-order valence-electron chi connectivity index (χ4n) is 2.42. The lowest BCUT2D eigenvalue weighted by molar-refractivity contribution is -0.116. The number of likely N-dealkylation sites (tertiary alicyclic amines) is 1. The Labute approximate surface area is 134 Å². The van der Waals surface area contributed by atoms with E-state index in [-0.39, 0.29) is 5.91 Å². The number of nitrogens with two attached hydrogens (primary N) is 1. The van der Waals surface area contributed by atoms with Crippen molar-refractivity contribution in [3.8, 4) is 0 Å². The van der Waals surface area contributed by atoms with Crippen LogP contribution in [0.1, 0.15) is 19.8 Å². The van der Waals surface area contributed by atoms with Crippen molar-refractivity contribution in [2.24, 2.45) is 0 Å². The van der Waals surface area contributed by atoms with Gasteiger partial charge in [-0.1, -0.05) is 23.2 Å². The van der Waals surface area contributed by atoms with Crippen LogP contribution in [0.15, 0.2) is 12.1 Å². The number of nitrogens with zero attached hydrogens (tertiary/aromatic N) is 1. The number of β-amino-alcohol motifs (C(OH)–C–C–N with tert-alkyl or cyclic N) is 1. The number of hydrogen-bond acceptors (Lipinski definition) is 4. The molecule has 7 heteroatoms. The Morgan fingerprint density at radius 3 is 2.81 bits per heavy atom. The SMILES string of the molecule is CC1(O)CCN(CCC(=O)Nc2c(N)cc(Cl)cc2Cl)C1. The summed E-state index contributed by atoms with van der Waals surface area (Å²) < 4.78 is 0. The zero-order valence-corrected chi connectivity index (χ0v) is 13.3. The number of amides is 1. The van der Waals surface area contributed by atoms with Gasteiger partial charge in [0.15, 0.2) is 0 Å². The zero-order valence-electron chi connectivity index (χ0n) is 11.8. The minimum absolute atomic E-state index is 0.169. The van der Waals surface area contributed by atoms with Crippen LogP contribution in [0.2, 0.25) is 10.0 Å². The minimum atomic E-state index is -0.652. The Kier molecular flexibility index (Phi) is 4.99. The van der Waals surface area contributed by atoms with Gasteiger partial charge in [0.05, 0.1) is 22.0 Å². The predicted molar refractivity (Wildman–Crippen MR) is 85.8 cm³/mol. The lowest BCUT2D eigenvalue weighted by Gasteiger charge is -2.18. The van der Waals surface area contributed by atoms with Crippen molar-refractivity contribution in [1.82, 2.24) is 4.90 Å². The maximum Gasteiger partial charge on any atom is 0.225 e. The molecule has 1 saturated heterocycles. The molecule has 1 aromatic carbocycles. The van der Waals surface area contributed by atoms with Gasteiger partial charge in [-0.15, -0.1) is 0 Å². The van der Waals surface area contributed by atoms with Gasteiger partial charge in [-0.25, -0.2) is 0 Å². The molecule has 0 radical (unpaired) electrons. The van der Waals surface area contributed by atoms with Crippen LogP contribution in [0.3, 0.4) is 0 Å². The summed E-state index contributed by atoms with van der Waals surface area (Å²) >= 11 is 11.8. The summed E-state index contributed by atoms with van der Waals surface area (Å²) in [6.07, 6.45) is 1.04. The number of rotatable bonds is 4. The third-order valence-electron chi connectivity index (χ3n) is 3.54. The van der Waals surface area contributed by atoms with E-state index in [9.17, 15) is 9.90 Å². The summed E-state index contributed by atoms with van der Waals surface area (Å²) in [5, 5.41) is 13.3. The molecule has 1 unspecified atom stereocenters. The number of hydrogen-bond donors (Lipinski definition) is 3. The molecule has 1 fully saturated rings. The molecule has 0 aromatic heterocycles. The van der Waals surface area contributed by atoms with E-state index in [0.29, 0.717) is 40.9 Å². The number of aliphatic hydroxyl groups is 1. The maximum atomic E-state index is 12.0. The Bertz CT molecular complexity index is 526. The smallest absolute Gasteiger partial charge is 0.225 e. The molecule has 1 amide bonds. The van der Waals surface area contributed by atoms with E-state index in [4.69, 9.17) is 28.9 Å². The van der Waals surface area contributed by atoms with Crippen molar-refractivity contribution >= 4 is 40.5 Å². The maximum absolute atomic E-state index is 12.0. The fourth-order valence-corrected chi connectivity index (χ4v) is 2.97. The van der Waals surface area contributed by atoms with Crippen molar-refractivity contribution in [1.29, 1.82) is 0 Å². The summed E-state index contributed by atoms with van der Waals surface area (Å²) in [5.74, 6) is -0.169. The first kappa shape index (κ1) is 16.4. The third-order valence-corrected chi connectivity index (χ3v) is 4.05. The highest BCUT2D eigenvalue weighted by Crippen LogP contribution is 2.32. The molecular weight excluding hydrogens is 313 g/mol. The highest BCUT2D eigenvalue weighted by Gasteiger charge is 2.31. The number of carbonyl (C=O) groups excluding carboxylic acids is 1. The molecule has 0 aliphatic carbocycles. The molecule has 0 bridgehead atoms.